The molecule has 1 N–H and O–H groups in total. The molecule has 0 spiro atoms. The molecule has 0 bridgehead atoms. The fraction of sp³-hybridized carbons (Fsp3) is 0.500. The van der Waals surface area contributed by atoms with Gasteiger partial charge in [0.1, 0.15) is 17.9 Å². The number of rotatable bonds is 5. The highest BCUT2D eigenvalue weighted by molar-refractivity contribution is 5.97. The first-order valence-corrected chi connectivity index (χ1v) is 8.23. The number of amides is 2. The van der Waals surface area contributed by atoms with Gasteiger partial charge < -0.3 is 14.6 Å². The van der Waals surface area contributed by atoms with Crippen LogP contribution in [0.25, 0.3) is 0 Å². The van der Waals surface area contributed by atoms with Gasteiger partial charge >= 0.3 is 12.1 Å². The van der Waals surface area contributed by atoms with Crippen molar-refractivity contribution < 1.29 is 29.0 Å². The number of imide groups is 1. The summed E-state index contributed by atoms with van der Waals surface area (Å²) in [5.41, 5.74) is 1.56. The first kappa shape index (κ1) is 18.8. The van der Waals surface area contributed by atoms with E-state index < -0.39 is 24.6 Å². The minimum atomic E-state index is -0.803. The SMILES string of the molecule is CC(C)c1cc(C(=O)OCC(=O)N2CCOC2=O)c(O)c(C(C)C)c1. The predicted octanol–water partition coefficient (Wildman–Crippen LogP) is 2.77. The quantitative estimate of drug-likeness (QED) is 0.822. The number of hydrogen-bond acceptors (Lipinski definition) is 6. The third-order valence-corrected chi connectivity index (χ3v) is 4.06. The Morgan fingerprint density at radius 1 is 1.24 bits per heavy atom. The van der Waals surface area contributed by atoms with E-state index in [2.05, 4.69) is 4.74 Å². The van der Waals surface area contributed by atoms with Crippen molar-refractivity contribution in [1.29, 1.82) is 0 Å². The van der Waals surface area contributed by atoms with Crippen LogP contribution in [0.4, 0.5) is 4.79 Å². The number of aromatic hydroxyl groups is 1. The summed E-state index contributed by atoms with van der Waals surface area (Å²) in [6, 6.07) is 3.44. The Balaban J connectivity index is 2.17. The van der Waals surface area contributed by atoms with Gasteiger partial charge in [-0.05, 0) is 29.0 Å². The van der Waals surface area contributed by atoms with Gasteiger partial charge in [-0.25, -0.2) is 14.5 Å². The third-order valence-electron chi connectivity index (χ3n) is 4.06. The second-order valence-corrected chi connectivity index (χ2v) is 6.55. The van der Waals surface area contributed by atoms with Gasteiger partial charge in [0.05, 0.1) is 6.54 Å². The lowest BCUT2D eigenvalue weighted by Gasteiger charge is -2.17. The number of ether oxygens (including phenoxy) is 2. The minimum Gasteiger partial charge on any atom is -0.507 e. The number of carbonyl (C=O) groups excluding carboxylic acids is 3. The van der Waals surface area contributed by atoms with E-state index in [-0.39, 0.29) is 36.3 Å². The molecule has 136 valence electrons. The molecule has 1 aromatic carbocycles. The summed E-state index contributed by atoms with van der Waals surface area (Å²) in [5, 5.41) is 10.4. The largest absolute Gasteiger partial charge is 0.507 e. The average Bonchev–Trinajstić information content (AvgIpc) is 2.98. The van der Waals surface area contributed by atoms with Gasteiger partial charge in [0, 0.05) is 0 Å². The Morgan fingerprint density at radius 2 is 1.92 bits per heavy atom. The number of phenolic OH excluding ortho intramolecular Hbond substituents is 1. The van der Waals surface area contributed by atoms with E-state index in [0.29, 0.717) is 5.56 Å². The number of benzene rings is 1. The summed E-state index contributed by atoms with van der Waals surface area (Å²) in [6.07, 6.45) is -0.743. The molecule has 0 radical (unpaired) electrons. The lowest BCUT2D eigenvalue weighted by atomic mass is 9.92. The maximum Gasteiger partial charge on any atom is 0.416 e. The number of nitrogens with zero attached hydrogens (tertiary/aromatic N) is 1. The fourth-order valence-corrected chi connectivity index (χ4v) is 2.51. The molecule has 1 aromatic rings. The Kier molecular flexibility index (Phi) is 5.66. The Hall–Kier alpha value is -2.57. The highest BCUT2D eigenvalue weighted by Crippen LogP contribution is 2.33. The number of esters is 1. The molecule has 1 saturated heterocycles. The molecule has 1 heterocycles. The monoisotopic (exact) mass is 349 g/mol. The average molecular weight is 349 g/mol. The first-order valence-electron chi connectivity index (χ1n) is 8.23. The van der Waals surface area contributed by atoms with Gasteiger partial charge in [0.2, 0.25) is 0 Å². The van der Waals surface area contributed by atoms with Gasteiger partial charge in [-0.1, -0.05) is 33.8 Å². The summed E-state index contributed by atoms with van der Waals surface area (Å²) in [4.78, 5) is 36.5. The Labute approximate surface area is 146 Å². The summed E-state index contributed by atoms with van der Waals surface area (Å²) < 4.78 is 9.67. The number of hydrogen-bond donors (Lipinski definition) is 1. The van der Waals surface area contributed by atoms with Crippen molar-refractivity contribution in [3.63, 3.8) is 0 Å². The smallest absolute Gasteiger partial charge is 0.416 e. The first-order chi connectivity index (χ1) is 11.7. The van der Waals surface area contributed by atoms with Crippen molar-refractivity contribution >= 4 is 18.0 Å². The van der Waals surface area contributed by atoms with Crippen LogP contribution in [-0.4, -0.2) is 47.7 Å². The normalized spacial score (nSPS) is 14.2. The summed E-state index contributed by atoms with van der Waals surface area (Å²) in [7, 11) is 0. The molecule has 0 aromatic heterocycles. The molecule has 7 nitrogen and oxygen atoms in total. The number of carbonyl (C=O) groups is 3. The van der Waals surface area contributed by atoms with E-state index in [0.717, 1.165) is 10.5 Å². The highest BCUT2D eigenvalue weighted by Gasteiger charge is 2.29. The number of cyclic esters (lactones) is 1. The van der Waals surface area contributed by atoms with E-state index in [1.54, 1.807) is 6.07 Å². The molecule has 0 unspecified atom stereocenters. The van der Waals surface area contributed by atoms with Crippen molar-refractivity contribution in [2.75, 3.05) is 19.8 Å². The van der Waals surface area contributed by atoms with E-state index in [9.17, 15) is 19.5 Å². The summed E-state index contributed by atoms with van der Waals surface area (Å²) >= 11 is 0. The van der Waals surface area contributed by atoms with Crippen LogP contribution in [0.5, 0.6) is 5.75 Å². The van der Waals surface area contributed by atoms with Crippen LogP contribution >= 0.6 is 0 Å². The molecule has 7 heteroatoms. The van der Waals surface area contributed by atoms with Crippen molar-refractivity contribution in [1.82, 2.24) is 4.90 Å². The molecular formula is C18H23NO6. The van der Waals surface area contributed by atoms with Crippen LogP contribution in [0.3, 0.4) is 0 Å². The van der Waals surface area contributed by atoms with Crippen LogP contribution in [0.1, 0.15) is 61.0 Å². The molecule has 1 fully saturated rings. The lowest BCUT2D eigenvalue weighted by molar-refractivity contribution is -0.131. The third kappa shape index (κ3) is 4.10. The van der Waals surface area contributed by atoms with E-state index >= 15 is 0 Å². The van der Waals surface area contributed by atoms with Crippen LogP contribution in [0.15, 0.2) is 12.1 Å². The van der Waals surface area contributed by atoms with Crippen molar-refractivity contribution in [3.05, 3.63) is 28.8 Å². The zero-order chi connectivity index (χ0) is 18.7. The molecule has 1 aliphatic rings. The van der Waals surface area contributed by atoms with E-state index in [4.69, 9.17) is 4.74 Å². The molecule has 25 heavy (non-hydrogen) atoms. The van der Waals surface area contributed by atoms with Crippen molar-refractivity contribution in [2.24, 2.45) is 0 Å². The second kappa shape index (κ2) is 7.55. The minimum absolute atomic E-state index is 0.0197. The highest BCUT2D eigenvalue weighted by atomic mass is 16.6. The standard InChI is InChI=1S/C18H23NO6/c1-10(2)12-7-13(11(3)4)16(21)14(8-12)17(22)25-9-15(20)19-5-6-24-18(19)23/h7-8,10-11,21H,5-6,9H2,1-4H3. The Morgan fingerprint density at radius 3 is 2.44 bits per heavy atom. The second-order valence-electron chi connectivity index (χ2n) is 6.55. The molecule has 0 atom stereocenters. The van der Waals surface area contributed by atoms with Crippen LogP contribution in [-0.2, 0) is 14.3 Å². The predicted molar refractivity (Wildman–Crippen MR) is 89.6 cm³/mol. The van der Waals surface area contributed by atoms with E-state index in [1.807, 2.05) is 33.8 Å². The molecule has 1 aliphatic heterocycles. The van der Waals surface area contributed by atoms with Gasteiger partial charge in [-0.3, -0.25) is 4.79 Å². The Bertz CT molecular complexity index is 695. The number of phenols is 1. The molecule has 2 rings (SSSR count). The molecular weight excluding hydrogens is 326 g/mol. The van der Waals surface area contributed by atoms with Crippen LogP contribution in [0, 0.1) is 0 Å². The van der Waals surface area contributed by atoms with Gasteiger partial charge in [-0.15, -0.1) is 0 Å². The van der Waals surface area contributed by atoms with Crippen LogP contribution in [0.2, 0.25) is 0 Å². The maximum absolute atomic E-state index is 12.3. The topological polar surface area (TPSA) is 93.1 Å². The summed E-state index contributed by atoms with van der Waals surface area (Å²) in [5.74, 6) is -1.42. The van der Waals surface area contributed by atoms with Crippen molar-refractivity contribution in [2.45, 2.75) is 39.5 Å². The van der Waals surface area contributed by atoms with Gasteiger partial charge in [0.15, 0.2) is 6.61 Å². The zero-order valence-corrected chi connectivity index (χ0v) is 14.9. The molecule has 0 saturated carbocycles. The lowest BCUT2D eigenvalue weighted by Crippen LogP contribution is -2.35. The summed E-state index contributed by atoms with van der Waals surface area (Å²) in [6.45, 7) is 7.47. The molecule has 0 aliphatic carbocycles. The van der Waals surface area contributed by atoms with Gasteiger partial charge in [-0.2, -0.15) is 0 Å². The van der Waals surface area contributed by atoms with Crippen molar-refractivity contribution in [3.8, 4) is 5.75 Å². The molecule has 2 amide bonds. The van der Waals surface area contributed by atoms with Gasteiger partial charge in [0.25, 0.3) is 5.91 Å². The maximum atomic E-state index is 12.3. The fourth-order valence-electron chi connectivity index (χ4n) is 2.51. The van der Waals surface area contributed by atoms with Crippen LogP contribution < -0.4 is 0 Å². The zero-order valence-electron chi connectivity index (χ0n) is 14.9. The van der Waals surface area contributed by atoms with E-state index in [1.165, 1.54) is 0 Å².